The Bertz CT molecular complexity index is 720. The molecule has 0 saturated heterocycles. The third-order valence-corrected chi connectivity index (χ3v) is 5.00. The van der Waals surface area contributed by atoms with Crippen molar-refractivity contribution in [2.45, 2.75) is 24.0 Å². The SMILES string of the molecule is Cc1ccc(Cl)cc1NC(=O)N1C[C@@H](C)Sc2ccccc21. The maximum absolute atomic E-state index is 12.7. The molecular weight excluding hydrogens is 316 g/mol. The summed E-state index contributed by atoms with van der Waals surface area (Å²) in [5.74, 6) is 0. The minimum absolute atomic E-state index is 0.120. The first kappa shape index (κ1) is 15.3. The first-order chi connectivity index (χ1) is 10.5. The summed E-state index contributed by atoms with van der Waals surface area (Å²) in [4.78, 5) is 15.6. The third-order valence-electron chi connectivity index (χ3n) is 3.61. The Balaban J connectivity index is 1.88. The van der Waals surface area contributed by atoms with E-state index >= 15 is 0 Å². The number of anilines is 2. The minimum atomic E-state index is -0.120. The number of rotatable bonds is 1. The van der Waals surface area contributed by atoms with Crippen LogP contribution in [-0.4, -0.2) is 17.8 Å². The van der Waals surface area contributed by atoms with Crippen molar-refractivity contribution in [1.29, 1.82) is 0 Å². The molecule has 0 aliphatic carbocycles. The first-order valence-electron chi connectivity index (χ1n) is 7.15. The summed E-state index contributed by atoms with van der Waals surface area (Å²) in [6.45, 7) is 4.77. The second kappa shape index (κ2) is 6.23. The second-order valence-electron chi connectivity index (χ2n) is 5.40. The van der Waals surface area contributed by atoms with Crippen molar-refractivity contribution in [3.8, 4) is 0 Å². The van der Waals surface area contributed by atoms with Gasteiger partial charge >= 0.3 is 6.03 Å². The molecular formula is C17H17ClN2OS. The van der Waals surface area contributed by atoms with Gasteiger partial charge in [-0.05, 0) is 36.8 Å². The summed E-state index contributed by atoms with van der Waals surface area (Å²) in [5.41, 5.74) is 2.70. The van der Waals surface area contributed by atoms with Crippen LogP contribution in [0.25, 0.3) is 0 Å². The van der Waals surface area contributed by atoms with Gasteiger partial charge in [0.1, 0.15) is 0 Å². The van der Waals surface area contributed by atoms with Crippen LogP contribution in [0.5, 0.6) is 0 Å². The van der Waals surface area contributed by atoms with Gasteiger partial charge in [0.25, 0.3) is 0 Å². The number of hydrogen-bond donors (Lipinski definition) is 1. The van der Waals surface area contributed by atoms with Crippen LogP contribution in [0.4, 0.5) is 16.2 Å². The van der Waals surface area contributed by atoms with Crippen LogP contribution in [0.15, 0.2) is 47.4 Å². The Morgan fingerprint density at radius 2 is 2.09 bits per heavy atom. The molecule has 0 fully saturated rings. The minimum Gasteiger partial charge on any atom is -0.307 e. The van der Waals surface area contributed by atoms with E-state index in [1.807, 2.05) is 37.3 Å². The van der Waals surface area contributed by atoms with Crippen molar-refractivity contribution in [3.05, 3.63) is 53.1 Å². The van der Waals surface area contributed by atoms with E-state index in [0.29, 0.717) is 16.8 Å². The Kier molecular flexibility index (Phi) is 4.32. The number of aryl methyl sites for hydroxylation is 1. The number of urea groups is 1. The van der Waals surface area contributed by atoms with E-state index in [1.54, 1.807) is 22.7 Å². The second-order valence-corrected chi connectivity index (χ2v) is 7.31. The van der Waals surface area contributed by atoms with Crippen molar-refractivity contribution >= 4 is 40.8 Å². The highest BCUT2D eigenvalue weighted by Crippen LogP contribution is 2.38. The number of thioether (sulfide) groups is 1. The van der Waals surface area contributed by atoms with Crippen LogP contribution in [0.3, 0.4) is 0 Å². The molecule has 1 heterocycles. The lowest BCUT2D eigenvalue weighted by Gasteiger charge is -2.32. The molecule has 5 heteroatoms. The summed E-state index contributed by atoms with van der Waals surface area (Å²) in [6.07, 6.45) is 0. The van der Waals surface area contributed by atoms with Gasteiger partial charge in [-0.2, -0.15) is 0 Å². The molecule has 2 aromatic rings. The van der Waals surface area contributed by atoms with E-state index in [9.17, 15) is 4.79 Å². The molecule has 2 amide bonds. The summed E-state index contributed by atoms with van der Waals surface area (Å²) in [7, 11) is 0. The smallest absolute Gasteiger partial charge is 0.307 e. The molecule has 0 bridgehead atoms. The number of benzene rings is 2. The van der Waals surface area contributed by atoms with Gasteiger partial charge in [0, 0.05) is 27.4 Å². The summed E-state index contributed by atoms with van der Waals surface area (Å²) in [5, 5.41) is 3.95. The molecule has 0 unspecified atom stereocenters. The molecule has 0 spiro atoms. The maximum Gasteiger partial charge on any atom is 0.326 e. The molecule has 2 aromatic carbocycles. The van der Waals surface area contributed by atoms with E-state index in [0.717, 1.165) is 21.8 Å². The number of amides is 2. The van der Waals surface area contributed by atoms with E-state index in [4.69, 9.17) is 11.6 Å². The number of halogens is 1. The average molecular weight is 333 g/mol. The van der Waals surface area contributed by atoms with Gasteiger partial charge in [-0.15, -0.1) is 11.8 Å². The quantitative estimate of drug-likeness (QED) is 0.780. The van der Waals surface area contributed by atoms with Gasteiger partial charge < -0.3 is 5.32 Å². The largest absolute Gasteiger partial charge is 0.326 e. The third kappa shape index (κ3) is 3.08. The molecule has 114 valence electrons. The molecule has 3 nitrogen and oxygen atoms in total. The molecule has 0 radical (unpaired) electrons. The van der Waals surface area contributed by atoms with E-state index in [-0.39, 0.29) is 6.03 Å². The van der Waals surface area contributed by atoms with Gasteiger partial charge in [0.05, 0.1) is 5.69 Å². The van der Waals surface area contributed by atoms with Crippen LogP contribution >= 0.6 is 23.4 Å². The van der Waals surface area contributed by atoms with Crippen LogP contribution in [0.1, 0.15) is 12.5 Å². The van der Waals surface area contributed by atoms with Gasteiger partial charge in [-0.1, -0.05) is 36.7 Å². The van der Waals surface area contributed by atoms with Crippen molar-refractivity contribution in [2.24, 2.45) is 0 Å². The highest BCUT2D eigenvalue weighted by atomic mass is 35.5. The average Bonchev–Trinajstić information content (AvgIpc) is 2.50. The zero-order valence-electron chi connectivity index (χ0n) is 12.5. The number of fused-ring (bicyclic) bond motifs is 1. The first-order valence-corrected chi connectivity index (χ1v) is 8.40. The highest BCUT2D eigenvalue weighted by molar-refractivity contribution is 8.00. The van der Waals surface area contributed by atoms with Crippen molar-refractivity contribution in [2.75, 3.05) is 16.8 Å². The van der Waals surface area contributed by atoms with Crippen LogP contribution in [0, 0.1) is 6.92 Å². The van der Waals surface area contributed by atoms with Crippen LogP contribution in [-0.2, 0) is 0 Å². The molecule has 1 N–H and O–H groups in total. The molecule has 3 rings (SSSR count). The molecule has 1 aliphatic rings. The Morgan fingerprint density at radius 1 is 1.32 bits per heavy atom. The van der Waals surface area contributed by atoms with Crippen LogP contribution in [0.2, 0.25) is 5.02 Å². The predicted molar refractivity (Wildman–Crippen MR) is 94.3 cm³/mol. The summed E-state index contributed by atoms with van der Waals surface area (Å²) in [6, 6.07) is 13.4. The fourth-order valence-electron chi connectivity index (χ4n) is 2.49. The van der Waals surface area contributed by atoms with Crippen molar-refractivity contribution in [1.82, 2.24) is 0 Å². The van der Waals surface area contributed by atoms with Crippen LogP contribution < -0.4 is 10.2 Å². The number of hydrogen-bond acceptors (Lipinski definition) is 2. The summed E-state index contributed by atoms with van der Waals surface area (Å²) < 4.78 is 0. The van der Waals surface area contributed by atoms with Gasteiger partial charge in [0.15, 0.2) is 0 Å². The van der Waals surface area contributed by atoms with Gasteiger partial charge in [-0.25, -0.2) is 4.79 Å². The van der Waals surface area contributed by atoms with Crippen molar-refractivity contribution in [3.63, 3.8) is 0 Å². The monoisotopic (exact) mass is 332 g/mol. The van der Waals surface area contributed by atoms with E-state index in [2.05, 4.69) is 18.3 Å². The Morgan fingerprint density at radius 3 is 2.91 bits per heavy atom. The summed E-state index contributed by atoms with van der Waals surface area (Å²) >= 11 is 7.82. The lowest BCUT2D eigenvalue weighted by Crippen LogP contribution is -2.41. The van der Waals surface area contributed by atoms with Gasteiger partial charge in [-0.3, -0.25) is 4.90 Å². The fourth-order valence-corrected chi connectivity index (χ4v) is 3.78. The molecule has 0 saturated carbocycles. The molecule has 22 heavy (non-hydrogen) atoms. The maximum atomic E-state index is 12.7. The Hall–Kier alpha value is -1.65. The van der Waals surface area contributed by atoms with Gasteiger partial charge in [0.2, 0.25) is 0 Å². The number of para-hydroxylation sites is 1. The predicted octanol–water partition coefficient (Wildman–Crippen LogP) is 5.18. The standard InChI is InChI=1S/C17H17ClN2OS/c1-11-7-8-13(18)9-14(11)19-17(21)20-10-12(2)22-16-6-4-3-5-15(16)20/h3-9,12H,10H2,1-2H3,(H,19,21)/t12-/m1/s1. The number of carbonyl (C=O) groups is 1. The number of carbonyl (C=O) groups excluding carboxylic acids is 1. The molecule has 0 aromatic heterocycles. The normalized spacial score (nSPS) is 17.0. The Labute approximate surface area is 139 Å². The fraction of sp³-hybridized carbons (Fsp3) is 0.235. The highest BCUT2D eigenvalue weighted by Gasteiger charge is 2.26. The lowest BCUT2D eigenvalue weighted by atomic mass is 10.2. The van der Waals surface area contributed by atoms with E-state index < -0.39 is 0 Å². The number of nitrogens with one attached hydrogen (secondary N) is 1. The number of nitrogens with zero attached hydrogens (tertiary/aromatic N) is 1. The van der Waals surface area contributed by atoms with E-state index in [1.165, 1.54) is 0 Å². The zero-order valence-corrected chi connectivity index (χ0v) is 14.0. The zero-order chi connectivity index (χ0) is 15.7. The van der Waals surface area contributed by atoms with Crippen molar-refractivity contribution < 1.29 is 4.79 Å². The molecule has 1 atom stereocenters. The lowest BCUT2D eigenvalue weighted by molar-refractivity contribution is 0.256. The molecule has 1 aliphatic heterocycles. The topological polar surface area (TPSA) is 32.3 Å².